The van der Waals surface area contributed by atoms with Crippen molar-refractivity contribution in [1.29, 1.82) is 0 Å². The first-order valence-corrected chi connectivity index (χ1v) is 7.54. The van der Waals surface area contributed by atoms with Crippen LogP contribution >= 0.6 is 11.6 Å². The van der Waals surface area contributed by atoms with Crippen LogP contribution in [0, 0.1) is 0 Å². The second-order valence-corrected chi connectivity index (χ2v) is 5.58. The van der Waals surface area contributed by atoms with Crippen LogP contribution in [-0.4, -0.2) is 21.9 Å². The van der Waals surface area contributed by atoms with E-state index in [1.807, 2.05) is 12.3 Å². The van der Waals surface area contributed by atoms with Gasteiger partial charge in [-0.1, -0.05) is 23.7 Å². The van der Waals surface area contributed by atoms with Gasteiger partial charge in [0.15, 0.2) is 0 Å². The molecule has 24 heavy (non-hydrogen) atoms. The van der Waals surface area contributed by atoms with Crippen molar-refractivity contribution in [3.8, 4) is 17.0 Å². The first-order chi connectivity index (χ1) is 11.6. The summed E-state index contributed by atoms with van der Waals surface area (Å²) in [4.78, 5) is 4.10. The normalized spacial score (nSPS) is 11.0. The van der Waals surface area contributed by atoms with Gasteiger partial charge in [-0.2, -0.15) is 5.10 Å². The Morgan fingerprint density at radius 2 is 2.04 bits per heavy atom. The summed E-state index contributed by atoms with van der Waals surface area (Å²) in [7, 11) is 1.58. The van der Waals surface area contributed by atoms with Gasteiger partial charge in [-0.3, -0.25) is 9.67 Å². The SMILES string of the molecule is COc1cncc(Cn2ccc(-c3ccc(C(F)F)c(Cl)c3)n2)c1. The minimum Gasteiger partial charge on any atom is -0.495 e. The van der Waals surface area contributed by atoms with E-state index in [1.165, 1.54) is 12.1 Å². The molecule has 3 aromatic rings. The molecule has 124 valence electrons. The Balaban J connectivity index is 1.81. The van der Waals surface area contributed by atoms with E-state index in [2.05, 4.69) is 10.1 Å². The van der Waals surface area contributed by atoms with Crippen LogP contribution in [0.3, 0.4) is 0 Å². The molecule has 0 spiro atoms. The highest BCUT2D eigenvalue weighted by atomic mass is 35.5. The van der Waals surface area contributed by atoms with Gasteiger partial charge in [0, 0.05) is 23.5 Å². The number of nitrogens with zero attached hydrogens (tertiary/aromatic N) is 3. The lowest BCUT2D eigenvalue weighted by Gasteiger charge is -2.05. The second kappa shape index (κ2) is 6.97. The molecule has 0 fully saturated rings. The molecule has 0 atom stereocenters. The largest absolute Gasteiger partial charge is 0.495 e. The molecule has 0 aliphatic heterocycles. The van der Waals surface area contributed by atoms with Crippen LogP contribution in [0.1, 0.15) is 17.6 Å². The molecule has 0 saturated heterocycles. The topological polar surface area (TPSA) is 39.9 Å². The highest BCUT2D eigenvalue weighted by molar-refractivity contribution is 6.31. The standard InChI is InChI=1S/C17H14ClF2N3O/c1-24-13-6-11(8-21-9-13)10-23-5-4-16(22-23)12-2-3-14(17(19)20)15(18)7-12/h2-9,17H,10H2,1H3. The molecule has 0 amide bonds. The number of halogens is 3. The molecule has 4 nitrogen and oxygen atoms in total. The fraction of sp³-hybridized carbons (Fsp3) is 0.176. The third kappa shape index (κ3) is 3.54. The molecular formula is C17H14ClF2N3O. The summed E-state index contributed by atoms with van der Waals surface area (Å²) in [6.45, 7) is 0.521. The monoisotopic (exact) mass is 349 g/mol. The summed E-state index contributed by atoms with van der Waals surface area (Å²) < 4.78 is 32.4. The minimum atomic E-state index is -2.59. The van der Waals surface area contributed by atoms with Gasteiger partial charge in [-0.15, -0.1) is 0 Å². The molecule has 7 heteroatoms. The number of benzene rings is 1. The van der Waals surface area contributed by atoms with Crippen molar-refractivity contribution >= 4 is 11.6 Å². The zero-order valence-electron chi connectivity index (χ0n) is 12.8. The van der Waals surface area contributed by atoms with E-state index < -0.39 is 6.43 Å². The first kappa shape index (κ1) is 16.4. The van der Waals surface area contributed by atoms with E-state index >= 15 is 0 Å². The van der Waals surface area contributed by atoms with Gasteiger partial charge >= 0.3 is 0 Å². The Labute approximate surface area is 142 Å². The van der Waals surface area contributed by atoms with E-state index in [0.717, 1.165) is 5.56 Å². The molecule has 0 radical (unpaired) electrons. The molecule has 0 bridgehead atoms. The molecule has 3 rings (SSSR count). The number of alkyl halides is 2. The van der Waals surface area contributed by atoms with Gasteiger partial charge in [-0.05, 0) is 23.8 Å². The third-order valence-corrected chi connectivity index (χ3v) is 3.85. The highest BCUT2D eigenvalue weighted by Gasteiger charge is 2.13. The molecule has 1 aromatic carbocycles. The zero-order valence-corrected chi connectivity index (χ0v) is 13.5. The number of aromatic nitrogens is 3. The maximum atomic E-state index is 12.7. The highest BCUT2D eigenvalue weighted by Crippen LogP contribution is 2.30. The lowest BCUT2D eigenvalue weighted by atomic mass is 10.1. The minimum absolute atomic E-state index is 0.0362. The average Bonchev–Trinajstić information content (AvgIpc) is 3.03. The van der Waals surface area contributed by atoms with Gasteiger partial charge in [0.05, 0.1) is 30.6 Å². The molecule has 2 heterocycles. The van der Waals surface area contributed by atoms with Gasteiger partial charge in [-0.25, -0.2) is 8.78 Å². The summed E-state index contributed by atoms with van der Waals surface area (Å²) >= 11 is 5.91. The van der Waals surface area contributed by atoms with Crippen LogP contribution in [0.15, 0.2) is 48.9 Å². The van der Waals surface area contributed by atoms with E-state index in [9.17, 15) is 8.78 Å². The maximum absolute atomic E-state index is 12.7. The van der Waals surface area contributed by atoms with E-state index in [-0.39, 0.29) is 10.6 Å². The molecule has 0 unspecified atom stereocenters. The lowest BCUT2D eigenvalue weighted by Crippen LogP contribution is -2.01. The van der Waals surface area contributed by atoms with Gasteiger partial charge in [0.25, 0.3) is 6.43 Å². The summed E-state index contributed by atoms with van der Waals surface area (Å²) in [6.07, 6.45) is 2.58. The van der Waals surface area contributed by atoms with Crippen molar-refractivity contribution in [2.24, 2.45) is 0 Å². The molecule has 0 aliphatic carbocycles. The number of hydrogen-bond acceptors (Lipinski definition) is 3. The maximum Gasteiger partial charge on any atom is 0.265 e. The van der Waals surface area contributed by atoms with Crippen molar-refractivity contribution in [2.75, 3.05) is 7.11 Å². The van der Waals surface area contributed by atoms with Gasteiger partial charge in [0.1, 0.15) is 5.75 Å². The summed E-state index contributed by atoms with van der Waals surface area (Å²) in [5.74, 6) is 0.675. The van der Waals surface area contributed by atoms with Crippen molar-refractivity contribution in [1.82, 2.24) is 14.8 Å². The molecular weight excluding hydrogens is 336 g/mol. The summed E-state index contributed by atoms with van der Waals surface area (Å²) in [5, 5.41) is 4.48. The van der Waals surface area contributed by atoms with Crippen LogP contribution in [0.4, 0.5) is 8.78 Å². The second-order valence-electron chi connectivity index (χ2n) is 5.17. The quantitative estimate of drug-likeness (QED) is 0.676. The Bertz CT molecular complexity index is 851. The predicted octanol–water partition coefficient (Wildman–Crippen LogP) is 4.59. The van der Waals surface area contributed by atoms with Crippen LogP contribution in [0.5, 0.6) is 5.75 Å². The van der Waals surface area contributed by atoms with Gasteiger partial charge < -0.3 is 4.74 Å². The summed E-state index contributed by atoms with van der Waals surface area (Å²) in [6, 6.07) is 8.10. The number of hydrogen-bond donors (Lipinski definition) is 0. The van der Waals surface area contributed by atoms with Crippen LogP contribution in [-0.2, 0) is 6.54 Å². The molecule has 0 saturated carbocycles. The average molecular weight is 350 g/mol. The van der Waals surface area contributed by atoms with E-state index in [0.29, 0.717) is 23.6 Å². The Kier molecular flexibility index (Phi) is 4.76. The number of ether oxygens (including phenoxy) is 1. The number of methoxy groups -OCH3 is 1. The molecule has 2 aromatic heterocycles. The van der Waals surface area contributed by atoms with Crippen LogP contribution < -0.4 is 4.74 Å². The van der Waals surface area contributed by atoms with Crippen molar-refractivity contribution < 1.29 is 13.5 Å². The van der Waals surface area contributed by atoms with Crippen molar-refractivity contribution in [2.45, 2.75) is 13.0 Å². The fourth-order valence-corrected chi connectivity index (χ4v) is 2.58. The van der Waals surface area contributed by atoms with Crippen molar-refractivity contribution in [3.63, 3.8) is 0 Å². The third-order valence-electron chi connectivity index (χ3n) is 3.52. The van der Waals surface area contributed by atoms with E-state index in [4.69, 9.17) is 16.3 Å². The van der Waals surface area contributed by atoms with Crippen LogP contribution in [0.2, 0.25) is 5.02 Å². The molecule has 0 N–H and O–H groups in total. The molecule has 0 aliphatic rings. The van der Waals surface area contributed by atoms with Crippen molar-refractivity contribution in [3.05, 3.63) is 65.1 Å². The lowest BCUT2D eigenvalue weighted by molar-refractivity contribution is 0.151. The first-order valence-electron chi connectivity index (χ1n) is 7.16. The Morgan fingerprint density at radius 1 is 1.21 bits per heavy atom. The van der Waals surface area contributed by atoms with Gasteiger partial charge in [0.2, 0.25) is 0 Å². The summed E-state index contributed by atoms with van der Waals surface area (Å²) in [5.41, 5.74) is 2.11. The number of rotatable bonds is 5. The number of pyridine rings is 1. The predicted molar refractivity (Wildman–Crippen MR) is 87.5 cm³/mol. The fourth-order valence-electron chi connectivity index (χ4n) is 2.32. The smallest absolute Gasteiger partial charge is 0.265 e. The Hall–Kier alpha value is -2.47. The van der Waals surface area contributed by atoms with Crippen LogP contribution in [0.25, 0.3) is 11.3 Å². The zero-order chi connectivity index (χ0) is 17.1. The van der Waals surface area contributed by atoms with E-state index in [1.54, 1.807) is 36.3 Å². The Morgan fingerprint density at radius 3 is 2.75 bits per heavy atom.